The topological polar surface area (TPSA) is 70.8 Å². The number of nitrogens with zero attached hydrogens (tertiary/aromatic N) is 1. The molecule has 1 saturated heterocycles. The molecule has 3 unspecified atom stereocenters. The van der Waals surface area contributed by atoms with E-state index >= 15 is 0 Å². The summed E-state index contributed by atoms with van der Waals surface area (Å²) in [4.78, 5) is 25.2. The number of fused-ring (bicyclic) bond motifs is 1. The molecule has 0 aliphatic carbocycles. The normalized spacial score (nSPS) is 24.0. The van der Waals surface area contributed by atoms with Crippen LogP contribution in [0.5, 0.6) is 0 Å². The Balaban J connectivity index is 1.81. The third-order valence-corrected chi connectivity index (χ3v) is 4.19. The van der Waals surface area contributed by atoms with Crippen LogP contribution in [0.4, 0.5) is 0 Å². The number of hydrogen-bond donors (Lipinski definition) is 1. The zero-order chi connectivity index (χ0) is 15.1. The van der Waals surface area contributed by atoms with Gasteiger partial charge in [-0.15, -0.1) is 0 Å². The summed E-state index contributed by atoms with van der Waals surface area (Å²) in [5.74, 6) is -0.768. The molecular weight excluding hydrogens is 270 g/mol. The first-order chi connectivity index (χ1) is 9.99. The number of imide groups is 1. The van der Waals surface area contributed by atoms with Gasteiger partial charge in [-0.1, -0.05) is 32.0 Å². The molecule has 1 aliphatic rings. The van der Waals surface area contributed by atoms with E-state index in [0.717, 1.165) is 10.3 Å². The Hall–Kier alpha value is -2.14. The minimum atomic E-state index is -1.01. The molecule has 2 amide bonds. The van der Waals surface area contributed by atoms with Gasteiger partial charge in [0.05, 0.1) is 6.54 Å². The number of hydrogen-bond acceptors (Lipinski definition) is 4. The van der Waals surface area contributed by atoms with Crippen molar-refractivity contribution < 1.29 is 19.1 Å². The lowest BCUT2D eigenvalue weighted by atomic mass is 10.00. The van der Waals surface area contributed by atoms with Gasteiger partial charge in [-0.3, -0.25) is 14.5 Å². The predicted octanol–water partition coefficient (Wildman–Crippen LogP) is 2.11. The van der Waals surface area contributed by atoms with Gasteiger partial charge in [0.25, 0.3) is 0 Å². The molecule has 3 rings (SSSR count). The predicted molar refractivity (Wildman–Crippen MR) is 76.2 cm³/mol. The van der Waals surface area contributed by atoms with Crippen molar-refractivity contribution in [3.8, 4) is 0 Å². The van der Waals surface area contributed by atoms with E-state index in [2.05, 4.69) is 0 Å². The maximum atomic E-state index is 12.0. The van der Waals surface area contributed by atoms with Gasteiger partial charge in [0, 0.05) is 17.2 Å². The van der Waals surface area contributed by atoms with Gasteiger partial charge in [-0.25, -0.2) is 0 Å². The summed E-state index contributed by atoms with van der Waals surface area (Å²) in [6.45, 7) is 3.41. The summed E-state index contributed by atoms with van der Waals surface area (Å²) in [5.41, 5.74) is 0.673. The lowest BCUT2D eigenvalue weighted by Gasteiger charge is -2.17. The van der Waals surface area contributed by atoms with E-state index in [0.29, 0.717) is 11.3 Å². The molecule has 0 saturated carbocycles. The van der Waals surface area contributed by atoms with Gasteiger partial charge in [0.2, 0.25) is 11.8 Å². The van der Waals surface area contributed by atoms with E-state index in [-0.39, 0.29) is 30.2 Å². The Bertz CT molecular complexity index is 652. The van der Waals surface area contributed by atoms with Crippen LogP contribution in [0.25, 0.3) is 11.0 Å². The van der Waals surface area contributed by atoms with E-state index in [9.17, 15) is 14.7 Å². The molecule has 5 nitrogen and oxygen atoms in total. The first kappa shape index (κ1) is 13.8. The SMILES string of the molecule is CC1C(=O)N(CC(O)c2cc3ccccc3o2)C(=O)C1C. The number of furan rings is 1. The highest BCUT2D eigenvalue weighted by atomic mass is 16.4. The Labute approximate surface area is 122 Å². The first-order valence-electron chi connectivity index (χ1n) is 7.01. The minimum absolute atomic E-state index is 0.0633. The number of rotatable bonds is 3. The van der Waals surface area contributed by atoms with E-state index in [1.807, 2.05) is 24.3 Å². The molecule has 21 heavy (non-hydrogen) atoms. The molecule has 0 radical (unpaired) electrons. The van der Waals surface area contributed by atoms with Gasteiger partial charge in [0.15, 0.2) is 0 Å². The van der Waals surface area contributed by atoms with Crippen molar-refractivity contribution >= 4 is 22.8 Å². The van der Waals surface area contributed by atoms with Crippen LogP contribution in [-0.2, 0) is 9.59 Å². The highest BCUT2D eigenvalue weighted by Crippen LogP contribution is 2.29. The summed E-state index contributed by atoms with van der Waals surface area (Å²) in [5, 5.41) is 11.1. The second-order valence-electron chi connectivity index (χ2n) is 5.57. The lowest BCUT2D eigenvalue weighted by Crippen LogP contribution is -2.34. The number of carbonyl (C=O) groups excluding carboxylic acids is 2. The molecule has 1 aromatic carbocycles. The van der Waals surface area contributed by atoms with Gasteiger partial charge in [0.1, 0.15) is 17.4 Å². The average molecular weight is 287 g/mol. The van der Waals surface area contributed by atoms with Crippen molar-refractivity contribution in [3.63, 3.8) is 0 Å². The lowest BCUT2D eigenvalue weighted by molar-refractivity contribution is -0.141. The highest BCUT2D eigenvalue weighted by molar-refractivity contribution is 6.04. The van der Waals surface area contributed by atoms with Crippen molar-refractivity contribution in [2.75, 3.05) is 6.54 Å². The second-order valence-corrected chi connectivity index (χ2v) is 5.57. The smallest absolute Gasteiger partial charge is 0.232 e. The second kappa shape index (κ2) is 5.00. The molecule has 1 aromatic heterocycles. The number of aliphatic hydroxyl groups excluding tert-OH is 1. The summed E-state index contributed by atoms with van der Waals surface area (Å²) in [7, 11) is 0. The molecular formula is C16H17NO4. The van der Waals surface area contributed by atoms with Crippen LogP contribution in [0.3, 0.4) is 0 Å². The highest BCUT2D eigenvalue weighted by Gasteiger charge is 2.43. The van der Waals surface area contributed by atoms with Crippen LogP contribution in [0.15, 0.2) is 34.7 Å². The summed E-state index contributed by atoms with van der Waals surface area (Å²) >= 11 is 0. The first-order valence-corrected chi connectivity index (χ1v) is 7.01. The zero-order valence-electron chi connectivity index (χ0n) is 11.9. The molecule has 1 aliphatic heterocycles. The molecule has 2 aromatic rings. The van der Waals surface area contributed by atoms with Crippen LogP contribution >= 0.6 is 0 Å². The third-order valence-electron chi connectivity index (χ3n) is 4.19. The molecule has 110 valence electrons. The molecule has 2 heterocycles. The Morgan fingerprint density at radius 3 is 2.43 bits per heavy atom. The summed E-state index contributed by atoms with van der Waals surface area (Å²) < 4.78 is 5.56. The number of β-amino-alcohol motifs (C(OH)–C–C–N with tert-alkyl or cyclic N) is 1. The van der Waals surface area contributed by atoms with E-state index < -0.39 is 6.10 Å². The van der Waals surface area contributed by atoms with Crippen molar-refractivity contribution in [2.24, 2.45) is 11.8 Å². The fourth-order valence-corrected chi connectivity index (χ4v) is 2.64. The number of likely N-dealkylation sites (tertiary alicyclic amines) is 1. The minimum Gasteiger partial charge on any atom is -0.458 e. The van der Waals surface area contributed by atoms with Crippen molar-refractivity contribution in [3.05, 3.63) is 36.1 Å². The van der Waals surface area contributed by atoms with Gasteiger partial charge in [-0.05, 0) is 12.1 Å². The number of carbonyl (C=O) groups is 2. The number of aliphatic hydroxyl groups is 1. The van der Waals surface area contributed by atoms with Crippen LogP contribution < -0.4 is 0 Å². The van der Waals surface area contributed by atoms with Crippen molar-refractivity contribution in [2.45, 2.75) is 20.0 Å². The molecule has 0 spiro atoms. The fourth-order valence-electron chi connectivity index (χ4n) is 2.64. The monoisotopic (exact) mass is 287 g/mol. The summed E-state index contributed by atoms with van der Waals surface area (Å²) in [6, 6.07) is 9.15. The Kier molecular flexibility index (Phi) is 3.29. The Morgan fingerprint density at radius 2 is 1.81 bits per heavy atom. The van der Waals surface area contributed by atoms with Gasteiger partial charge >= 0.3 is 0 Å². The largest absolute Gasteiger partial charge is 0.458 e. The maximum Gasteiger partial charge on any atom is 0.232 e. The molecule has 0 bridgehead atoms. The van der Waals surface area contributed by atoms with E-state index in [1.54, 1.807) is 19.9 Å². The standard InChI is InChI=1S/C16H17NO4/c1-9-10(2)16(20)17(15(9)19)8-12(18)14-7-11-5-3-4-6-13(11)21-14/h3-7,9-10,12,18H,8H2,1-2H3. The molecule has 1 fully saturated rings. The van der Waals surface area contributed by atoms with Crippen LogP contribution in [0.2, 0.25) is 0 Å². The number of amides is 2. The van der Waals surface area contributed by atoms with Gasteiger partial charge < -0.3 is 9.52 Å². The fraction of sp³-hybridized carbons (Fsp3) is 0.375. The zero-order valence-corrected chi connectivity index (χ0v) is 11.9. The number of para-hydroxylation sites is 1. The van der Waals surface area contributed by atoms with Crippen LogP contribution in [-0.4, -0.2) is 28.4 Å². The third kappa shape index (κ3) is 2.23. The van der Waals surface area contributed by atoms with Crippen molar-refractivity contribution in [1.29, 1.82) is 0 Å². The molecule has 3 atom stereocenters. The molecule has 1 N–H and O–H groups in total. The molecule has 5 heteroatoms. The van der Waals surface area contributed by atoms with Crippen molar-refractivity contribution in [1.82, 2.24) is 4.90 Å². The Morgan fingerprint density at radius 1 is 1.19 bits per heavy atom. The maximum absolute atomic E-state index is 12.0. The average Bonchev–Trinajstić information content (AvgIpc) is 2.99. The van der Waals surface area contributed by atoms with Crippen LogP contribution in [0, 0.1) is 11.8 Å². The number of benzene rings is 1. The van der Waals surface area contributed by atoms with E-state index in [4.69, 9.17) is 4.42 Å². The summed E-state index contributed by atoms with van der Waals surface area (Å²) in [6.07, 6.45) is -1.01. The van der Waals surface area contributed by atoms with Crippen LogP contribution in [0.1, 0.15) is 25.7 Å². The van der Waals surface area contributed by atoms with E-state index in [1.165, 1.54) is 0 Å². The quantitative estimate of drug-likeness (QED) is 0.878. The van der Waals surface area contributed by atoms with Gasteiger partial charge in [-0.2, -0.15) is 0 Å².